The zero-order valence-electron chi connectivity index (χ0n) is 8.76. The van der Waals surface area contributed by atoms with Crippen LogP contribution in [0.3, 0.4) is 0 Å². The first-order chi connectivity index (χ1) is 7.00. The molecule has 1 aromatic carbocycles. The van der Waals surface area contributed by atoms with Crippen molar-refractivity contribution in [3.63, 3.8) is 0 Å². The van der Waals surface area contributed by atoms with Crippen LogP contribution in [0.4, 0.5) is 0 Å². The lowest BCUT2D eigenvalue weighted by Gasteiger charge is -2.09. The normalized spacial score (nSPS) is 10.7. The minimum atomic E-state index is 0.0466. The van der Waals surface area contributed by atoms with Gasteiger partial charge in [-0.3, -0.25) is 4.79 Å². The van der Waals surface area contributed by atoms with E-state index in [2.05, 4.69) is 0 Å². The van der Waals surface area contributed by atoms with Gasteiger partial charge in [-0.05, 0) is 32.3 Å². The molecule has 0 fully saturated rings. The van der Waals surface area contributed by atoms with Crippen LogP contribution in [-0.4, -0.2) is 31.3 Å². The number of hydrogen-bond acceptors (Lipinski definition) is 2. The predicted molar refractivity (Wildman–Crippen MR) is 64.0 cm³/mol. The molecule has 0 N–H and O–H groups in total. The van der Waals surface area contributed by atoms with E-state index in [0.717, 1.165) is 6.54 Å². The molecule has 0 aliphatic carbocycles. The van der Waals surface area contributed by atoms with Crippen LogP contribution in [0.2, 0.25) is 10.0 Å². The van der Waals surface area contributed by atoms with Crippen LogP contribution in [0, 0.1) is 0 Å². The van der Waals surface area contributed by atoms with Gasteiger partial charge in [-0.2, -0.15) is 0 Å². The Kier molecular flexibility index (Phi) is 4.58. The fourth-order valence-corrected chi connectivity index (χ4v) is 1.69. The second-order valence-electron chi connectivity index (χ2n) is 3.60. The number of carbonyl (C=O) groups excluding carboxylic acids is 1. The molecule has 0 saturated carbocycles. The Labute approximate surface area is 99.8 Å². The third-order valence-electron chi connectivity index (χ3n) is 2.02. The Bertz CT molecular complexity index is 364. The molecule has 0 atom stereocenters. The van der Waals surface area contributed by atoms with Gasteiger partial charge in [0.1, 0.15) is 0 Å². The fraction of sp³-hybridized carbons (Fsp3) is 0.364. The quantitative estimate of drug-likeness (QED) is 0.760. The van der Waals surface area contributed by atoms with Crippen LogP contribution in [0.5, 0.6) is 0 Å². The van der Waals surface area contributed by atoms with Crippen molar-refractivity contribution in [2.45, 2.75) is 6.42 Å². The molecular weight excluding hydrogens is 233 g/mol. The van der Waals surface area contributed by atoms with Crippen LogP contribution in [-0.2, 0) is 0 Å². The SMILES string of the molecule is CN(C)CCC(=O)c1ccc(Cl)cc1Cl. The Hall–Kier alpha value is -0.570. The number of hydrogen-bond donors (Lipinski definition) is 0. The van der Waals surface area contributed by atoms with Crippen LogP contribution in [0.1, 0.15) is 16.8 Å². The molecule has 4 heteroatoms. The smallest absolute Gasteiger partial charge is 0.165 e. The fourth-order valence-electron chi connectivity index (χ4n) is 1.18. The number of ketones is 1. The van der Waals surface area contributed by atoms with E-state index in [0.29, 0.717) is 22.0 Å². The van der Waals surface area contributed by atoms with Gasteiger partial charge >= 0.3 is 0 Å². The van der Waals surface area contributed by atoms with Gasteiger partial charge < -0.3 is 4.90 Å². The number of rotatable bonds is 4. The van der Waals surface area contributed by atoms with Crippen molar-refractivity contribution >= 4 is 29.0 Å². The topological polar surface area (TPSA) is 20.3 Å². The van der Waals surface area contributed by atoms with E-state index < -0.39 is 0 Å². The second kappa shape index (κ2) is 5.50. The first-order valence-corrected chi connectivity index (χ1v) is 5.39. The number of Topliss-reactive ketones (excluding diaryl/α,β-unsaturated/α-hetero) is 1. The third-order valence-corrected chi connectivity index (χ3v) is 2.57. The molecule has 2 nitrogen and oxygen atoms in total. The van der Waals surface area contributed by atoms with Crippen LogP contribution in [0.15, 0.2) is 18.2 Å². The molecule has 0 aliphatic rings. The van der Waals surface area contributed by atoms with Gasteiger partial charge in [0, 0.05) is 23.6 Å². The van der Waals surface area contributed by atoms with Crippen molar-refractivity contribution in [3.05, 3.63) is 33.8 Å². The highest BCUT2D eigenvalue weighted by atomic mass is 35.5. The molecule has 15 heavy (non-hydrogen) atoms. The lowest BCUT2D eigenvalue weighted by atomic mass is 10.1. The highest BCUT2D eigenvalue weighted by Gasteiger charge is 2.10. The van der Waals surface area contributed by atoms with E-state index in [4.69, 9.17) is 23.2 Å². The molecule has 0 spiro atoms. The largest absolute Gasteiger partial charge is 0.309 e. The standard InChI is InChI=1S/C11H13Cl2NO/c1-14(2)6-5-11(15)9-4-3-8(12)7-10(9)13/h3-4,7H,5-6H2,1-2H3. The van der Waals surface area contributed by atoms with Crippen LogP contribution in [0.25, 0.3) is 0 Å². The maximum absolute atomic E-state index is 11.7. The summed E-state index contributed by atoms with van der Waals surface area (Å²) in [6.07, 6.45) is 0.467. The first kappa shape index (κ1) is 12.5. The number of nitrogens with zero attached hydrogens (tertiary/aromatic N) is 1. The Morgan fingerprint density at radius 2 is 2.00 bits per heavy atom. The molecule has 0 aromatic heterocycles. The Morgan fingerprint density at radius 3 is 2.53 bits per heavy atom. The summed E-state index contributed by atoms with van der Waals surface area (Å²) in [5.74, 6) is 0.0466. The highest BCUT2D eigenvalue weighted by molar-refractivity contribution is 6.36. The summed E-state index contributed by atoms with van der Waals surface area (Å²) in [4.78, 5) is 13.7. The van der Waals surface area contributed by atoms with Crippen molar-refractivity contribution in [1.82, 2.24) is 4.90 Å². The van der Waals surface area contributed by atoms with Crippen molar-refractivity contribution in [2.75, 3.05) is 20.6 Å². The van der Waals surface area contributed by atoms with Gasteiger partial charge in [0.25, 0.3) is 0 Å². The molecular formula is C11H13Cl2NO. The minimum absolute atomic E-state index is 0.0466. The molecule has 1 rings (SSSR count). The van der Waals surface area contributed by atoms with Gasteiger partial charge in [-0.1, -0.05) is 23.2 Å². The zero-order chi connectivity index (χ0) is 11.4. The Morgan fingerprint density at radius 1 is 1.33 bits per heavy atom. The molecule has 0 heterocycles. The maximum Gasteiger partial charge on any atom is 0.165 e. The molecule has 0 bridgehead atoms. The summed E-state index contributed by atoms with van der Waals surface area (Å²) in [7, 11) is 3.85. The van der Waals surface area contributed by atoms with E-state index in [9.17, 15) is 4.79 Å². The second-order valence-corrected chi connectivity index (χ2v) is 4.44. The molecule has 1 aromatic rings. The Balaban J connectivity index is 2.74. The van der Waals surface area contributed by atoms with Crippen molar-refractivity contribution in [2.24, 2.45) is 0 Å². The summed E-state index contributed by atoms with van der Waals surface area (Å²) in [6, 6.07) is 4.94. The van der Waals surface area contributed by atoms with E-state index in [1.807, 2.05) is 19.0 Å². The van der Waals surface area contributed by atoms with E-state index in [-0.39, 0.29) is 5.78 Å². The third kappa shape index (κ3) is 3.82. The molecule has 0 amide bonds. The average molecular weight is 246 g/mol. The summed E-state index contributed by atoms with van der Waals surface area (Å²) in [5.41, 5.74) is 0.544. The molecule has 0 aliphatic heterocycles. The van der Waals surface area contributed by atoms with Gasteiger partial charge in [-0.25, -0.2) is 0 Å². The van der Waals surface area contributed by atoms with E-state index in [1.165, 1.54) is 0 Å². The lowest BCUT2D eigenvalue weighted by Crippen LogP contribution is -2.16. The number of halogens is 2. The van der Waals surface area contributed by atoms with Crippen molar-refractivity contribution < 1.29 is 4.79 Å². The molecule has 0 unspecified atom stereocenters. The average Bonchev–Trinajstić information content (AvgIpc) is 2.14. The minimum Gasteiger partial charge on any atom is -0.309 e. The summed E-state index contributed by atoms with van der Waals surface area (Å²) in [5, 5.41) is 0.968. The predicted octanol–water partition coefficient (Wildman–Crippen LogP) is 3.13. The summed E-state index contributed by atoms with van der Waals surface area (Å²) >= 11 is 11.7. The first-order valence-electron chi connectivity index (χ1n) is 4.63. The van der Waals surface area contributed by atoms with Crippen molar-refractivity contribution in [3.8, 4) is 0 Å². The lowest BCUT2D eigenvalue weighted by molar-refractivity contribution is 0.0972. The van der Waals surface area contributed by atoms with Gasteiger partial charge in [-0.15, -0.1) is 0 Å². The number of benzene rings is 1. The maximum atomic E-state index is 11.7. The molecule has 0 saturated heterocycles. The van der Waals surface area contributed by atoms with Crippen LogP contribution < -0.4 is 0 Å². The van der Waals surface area contributed by atoms with Gasteiger partial charge in [0.2, 0.25) is 0 Å². The van der Waals surface area contributed by atoms with Gasteiger partial charge in [0.05, 0.1) is 5.02 Å². The van der Waals surface area contributed by atoms with E-state index in [1.54, 1.807) is 18.2 Å². The molecule has 82 valence electrons. The molecule has 0 radical (unpaired) electrons. The monoisotopic (exact) mass is 245 g/mol. The summed E-state index contributed by atoms with van der Waals surface area (Å²) < 4.78 is 0. The van der Waals surface area contributed by atoms with Crippen molar-refractivity contribution in [1.29, 1.82) is 0 Å². The van der Waals surface area contributed by atoms with Crippen LogP contribution >= 0.6 is 23.2 Å². The number of carbonyl (C=O) groups is 1. The van der Waals surface area contributed by atoms with Gasteiger partial charge in [0.15, 0.2) is 5.78 Å². The zero-order valence-corrected chi connectivity index (χ0v) is 10.3. The highest BCUT2D eigenvalue weighted by Crippen LogP contribution is 2.22. The van der Waals surface area contributed by atoms with E-state index >= 15 is 0 Å². The summed E-state index contributed by atoms with van der Waals surface area (Å²) in [6.45, 7) is 0.720.